The van der Waals surface area contributed by atoms with Gasteiger partial charge in [-0.2, -0.15) is 0 Å². The van der Waals surface area contributed by atoms with E-state index in [9.17, 15) is 14.4 Å². The minimum Gasteiger partial charge on any atom is -0.378 e. The fourth-order valence-electron chi connectivity index (χ4n) is 3.49. The van der Waals surface area contributed by atoms with Crippen LogP contribution in [0, 0.1) is 0 Å². The Bertz CT molecular complexity index is 881. The molecule has 7 heteroatoms. The zero-order chi connectivity index (χ0) is 19.1. The van der Waals surface area contributed by atoms with E-state index in [0.717, 1.165) is 19.3 Å². The Morgan fingerprint density at radius 1 is 1.15 bits per heavy atom. The Morgan fingerprint density at radius 3 is 2.67 bits per heavy atom. The molecule has 2 N–H and O–H groups in total. The number of nitrogens with zero attached hydrogens (tertiary/aromatic N) is 1. The van der Waals surface area contributed by atoms with Gasteiger partial charge in [0.1, 0.15) is 0 Å². The molecular weight excluding hydrogens is 346 g/mol. The van der Waals surface area contributed by atoms with E-state index in [2.05, 4.69) is 10.4 Å². The van der Waals surface area contributed by atoms with Crippen LogP contribution in [0.25, 0.3) is 10.8 Å². The summed E-state index contributed by atoms with van der Waals surface area (Å²) in [5, 5.41) is 6.10. The van der Waals surface area contributed by atoms with E-state index in [1.165, 1.54) is 23.9 Å². The molecular formula is C20H27N3O4. The second-order valence-electron chi connectivity index (χ2n) is 7.03. The number of aryl methyl sites for hydroxylation is 1. The van der Waals surface area contributed by atoms with Crippen molar-refractivity contribution in [2.75, 3.05) is 13.2 Å². The lowest BCUT2D eigenvalue weighted by Crippen LogP contribution is -2.33. The molecule has 0 radical (unpaired) electrons. The predicted octanol–water partition coefficient (Wildman–Crippen LogP) is 1.94. The average molecular weight is 373 g/mol. The van der Waals surface area contributed by atoms with Gasteiger partial charge < -0.3 is 10.1 Å². The van der Waals surface area contributed by atoms with Crippen LogP contribution in [0.4, 0.5) is 0 Å². The Labute approximate surface area is 157 Å². The first-order valence-electron chi connectivity index (χ1n) is 9.75. The fraction of sp³-hybridized carbons (Fsp3) is 0.550. The monoisotopic (exact) mass is 373 g/mol. The average Bonchev–Trinajstić information content (AvgIpc) is 2.70. The van der Waals surface area contributed by atoms with Crippen LogP contribution in [0.1, 0.15) is 44.9 Å². The molecule has 2 aromatic rings. The number of hydrogen-bond donors (Lipinski definition) is 2. The van der Waals surface area contributed by atoms with Crippen molar-refractivity contribution in [1.29, 1.82) is 0 Å². The largest absolute Gasteiger partial charge is 0.378 e. The van der Waals surface area contributed by atoms with Gasteiger partial charge in [-0.3, -0.25) is 19.5 Å². The number of fused-ring (bicyclic) bond motifs is 1. The van der Waals surface area contributed by atoms with Gasteiger partial charge in [-0.15, -0.1) is 0 Å². The predicted molar refractivity (Wildman–Crippen MR) is 104 cm³/mol. The van der Waals surface area contributed by atoms with E-state index < -0.39 is 0 Å². The number of aromatic amines is 1. The Balaban J connectivity index is 1.41. The maximum atomic E-state index is 12.4. The van der Waals surface area contributed by atoms with Crippen molar-refractivity contribution in [3.8, 4) is 0 Å². The smallest absolute Gasteiger partial charge is 0.273 e. The normalized spacial score (nSPS) is 15.1. The molecule has 146 valence electrons. The van der Waals surface area contributed by atoms with Crippen LogP contribution in [0.2, 0.25) is 0 Å². The third-order valence-electron chi connectivity index (χ3n) is 5.00. The van der Waals surface area contributed by atoms with Crippen LogP contribution >= 0.6 is 0 Å². The van der Waals surface area contributed by atoms with E-state index in [1.807, 2.05) is 0 Å². The molecule has 0 atom stereocenters. The highest BCUT2D eigenvalue weighted by atomic mass is 16.5. The number of carbonyl (C=O) groups excluding carboxylic acids is 1. The number of hydrogen-bond acceptors (Lipinski definition) is 4. The molecule has 1 fully saturated rings. The molecule has 0 saturated heterocycles. The molecule has 1 aliphatic carbocycles. The molecule has 1 heterocycles. The van der Waals surface area contributed by atoms with Crippen LogP contribution in [0.5, 0.6) is 0 Å². The number of H-pyrrole nitrogens is 1. The number of benzene rings is 1. The van der Waals surface area contributed by atoms with Gasteiger partial charge >= 0.3 is 0 Å². The SMILES string of the molecule is O=C(CCn1[nH]c(=O)c2ccccc2c1=O)NCCCOC1CCCCC1. The molecule has 3 rings (SSSR count). The second kappa shape index (κ2) is 9.50. The van der Waals surface area contributed by atoms with E-state index in [-0.39, 0.29) is 30.0 Å². The van der Waals surface area contributed by atoms with Crippen LogP contribution in [0.3, 0.4) is 0 Å². The molecule has 1 amide bonds. The van der Waals surface area contributed by atoms with Gasteiger partial charge in [0.05, 0.1) is 23.4 Å². The molecule has 7 nitrogen and oxygen atoms in total. The Kier molecular flexibility index (Phi) is 6.81. The minimum atomic E-state index is -0.328. The number of carbonyl (C=O) groups is 1. The second-order valence-corrected chi connectivity index (χ2v) is 7.03. The summed E-state index contributed by atoms with van der Waals surface area (Å²) in [4.78, 5) is 36.4. The molecule has 1 aromatic heterocycles. The van der Waals surface area contributed by atoms with Gasteiger partial charge in [0.15, 0.2) is 0 Å². The van der Waals surface area contributed by atoms with Gasteiger partial charge in [0, 0.05) is 19.6 Å². The lowest BCUT2D eigenvalue weighted by molar-refractivity contribution is -0.121. The summed E-state index contributed by atoms with van der Waals surface area (Å²) in [6.45, 7) is 1.35. The molecule has 0 unspecified atom stereocenters. The number of amides is 1. The highest BCUT2D eigenvalue weighted by Crippen LogP contribution is 2.20. The zero-order valence-corrected chi connectivity index (χ0v) is 15.5. The van der Waals surface area contributed by atoms with Gasteiger partial charge in [0.25, 0.3) is 11.1 Å². The summed E-state index contributed by atoms with van der Waals surface area (Å²) in [6.07, 6.45) is 7.38. The molecule has 1 aromatic carbocycles. The zero-order valence-electron chi connectivity index (χ0n) is 15.5. The van der Waals surface area contributed by atoms with Crippen molar-refractivity contribution in [3.05, 3.63) is 45.0 Å². The highest BCUT2D eigenvalue weighted by molar-refractivity contribution is 5.80. The van der Waals surface area contributed by atoms with Gasteiger partial charge in [-0.1, -0.05) is 31.4 Å². The molecule has 0 aliphatic heterocycles. The van der Waals surface area contributed by atoms with Crippen molar-refractivity contribution in [1.82, 2.24) is 15.1 Å². The van der Waals surface area contributed by atoms with Gasteiger partial charge in [-0.25, -0.2) is 4.68 Å². The Hall–Kier alpha value is -2.41. The maximum absolute atomic E-state index is 12.4. The topological polar surface area (TPSA) is 93.2 Å². The minimum absolute atomic E-state index is 0.137. The molecule has 0 spiro atoms. The van der Waals surface area contributed by atoms with Crippen molar-refractivity contribution in [2.45, 2.75) is 57.6 Å². The fourth-order valence-corrected chi connectivity index (χ4v) is 3.49. The van der Waals surface area contributed by atoms with Crippen molar-refractivity contribution >= 4 is 16.7 Å². The van der Waals surface area contributed by atoms with Gasteiger partial charge in [-0.05, 0) is 31.4 Å². The highest BCUT2D eigenvalue weighted by Gasteiger charge is 2.13. The van der Waals surface area contributed by atoms with E-state index in [1.54, 1.807) is 24.3 Å². The van der Waals surface area contributed by atoms with Gasteiger partial charge in [0.2, 0.25) is 5.91 Å². The summed E-state index contributed by atoms with van der Waals surface area (Å²) < 4.78 is 7.03. The number of rotatable bonds is 8. The lowest BCUT2D eigenvalue weighted by atomic mass is 9.98. The standard InChI is InChI=1S/C20H27N3O4/c24-18(21-12-6-14-27-15-7-2-1-3-8-15)11-13-23-20(26)17-10-5-4-9-16(17)19(25)22-23/h4-5,9-10,15H,1-3,6-8,11-14H2,(H,21,24)(H,22,25). The molecule has 27 heavy (non-hydrogen) atoms. The number of ether oxygens (including phenoxy) is 1. The summed E-state index contributed by atoms with van der Waals surface area (Å²) in [5.74, 6) is -0.145. The van der Waals surface area contributed by atoms with Crippen LogP contribution in [0.15, 0.2) is 33.9 Å². The molecule has 0 bridgehead atoms. The van der Waals surface area contributed by atoms with E-state index in [4.69, 9.17) is 4.74 Å². The van der Waals surface area contributed by atoms with E-state index >= 15 is 0 Å². The van der Waals surface area contributed by atoms with Crippen molar-refractivity contribution in [2.24, 2.45) is 0 Å². The first-order valence-corrected chi connectivity index (χ1v) is 9.75. The summed E-state index contributed by atoms with van der Waals surface area (Å²) >= 11 is 0. The Morgan fingerprint density at radius 2 is 1.89 bits per heavy atom. The van der Waals surface area contributed by atoms with Crippen molar-refractivity contribution < 1.29 is 9.53 Å². The van der Waals surface area contributed by atoms with Crippen LogP contribution < -0.4 is 16.4 Å². The number of aromatic nitrogens is 2. The summed E-state index contributed by atoms with van der Waals surface area (Å²) in [7, 11) is 0. The maximum Gasteiger partial charge on any atom is 0.273 e. The number of nitrogens with one attached hydrogen (secondary N) is 2. The summed E-state index contributed by atoms with van der Waals surface area (Å²) in [5.41, 5.74) is -0.621. The third kappa shape index (κ3) is 5.29. The first-order chi connectivity index (χ1) is 13.1. The van der Waals surface area contributed by atoms with Crippen LogP contribution in [-0.4, -0.2) is 34.9 Å². The first kappa shape index (κ1) is 19.4. The van der Waals surface area contributed by atoms with E-state index in [0.29, 0.717) is 30.0 Å². The van der Waals surface area contributed by atoms with Crippen LogP contribution in [-0.2, 0) is 16.1 Å². The molecule has 1 saturated carbocycles. The lowest BCUT2D eigenvalue weighted by Gasteiger charge is -2.21. The summed E-state index contributed by atoms with van der Waals surface area (Å²) in [6, 6.07) is 6.67. The quantitative estimate of drug-likeness (QED) is 0.692. The molecule has 1 aliphatic rings. The third-order valence-corrected chi connectivity index (χ3v) is 5.00. The van der Waals surface area contributed by atoms with Crippen molar-refractivity contribution in [3.63, 3.8) is 0 Å².